The lowest BCUT2D eigenvalue weighted by Crippen LogP contribution is -2.45. The number of piperidine rings is 1. The van der Waals surface area contributed by atoms with Crippen molar-refractivity contribution in [2.24, 2.45) is 0 Å². The molecule has 1 aromatic heterocycles. The van der Waals surface area contributed by atoms with Crippen molar-refractivity contribution in [2.75, 3.05) is 37.8 Å². The Labute approximate surface area is 122 Å². The first-order valence-electron chi connectivity index (χ1n) is 7.57. The number of aryl methyl sites for hydroxylation is 1. The summed E-state index contributed by atoms with van der Waals surface area (Å²) >= 11 is 0. The van der Waals surface area contributed by atoms with Gasteiger partial charge in [0.25, 0.3) is 0 Å². The number of nitrogens with two attached hydrogens (primary N) is 1. The summed E-state index contributed by atoms with van der Waals surface area (Å²) in [6, 6.07) is 0.592. The van der Waals surface area contributed by atoms with Crippen LogP contribution in [-0.4, -0.2) is 48.1 Å². The molecule has 1 atom stereocenters. The molecule has 0 radical (unpaired) electrons. The van der Waals surface area contributed by atoms with Crippen molar-refractivity contribution in [1.82, 2.24) is 14.9 Å². The molecular formula is C15H27N5. The number of hydrogen-bond donors (Lipinski definition) is 1. The van der Waals surface area contributed by atoms with Crippen LogP contribution in [0.5, 0.6) is 0 Å². The van der Waals surface area contributed by atoms with E-state index in [-0.39, 0.29) is 0 Å². The van der Waals surface area contributed by atoms with Gasteiger partial charge in [0.05, 0.1) is 0 Å². The van der Waals surface area contributed by atoms with Gasteiger partial charge in [0.1, 0.15) is 17.5 Å². The van der Waals surface area contributed by atoms with E-state index >= 15 is 0 Å². The molecule has 0 bridgehead atoms. The number of nitrogen functional groups attached to an aromatic ring is 1. The molecule has 112 valence electrons. The Morgan fingerprint density at radius 3 is 2.75 bits per heavy atom. The van der Waals surface area contributed by atoms with Crippen LogP contribution in [0.1, 0.15) is 37.6 Å². The van der Waals surface area contributed by atoms with Gasteiger partial charge < -0.3 is 15.5 Å². The average molecular weight is 277 g/mol. The predicted octanol–water partition coefficient (Wildman–Crippen LogP) is 1.85. The fraction of sp³-hybridized carbons (Fsp3) is 0.733. The minimum Gasteiger partial charge on any atom is -0.383 e. The molecule has 1 aliphatic heterocycles. The maximum atomic E-state index is 6.06. The van der Waals surface area contributed by atoms with Crippen LogP contribution in [0, 0.1) is 6.92 Å². The number of nitrogens with zero attached hydrogens (tertiary/aromatic N) is 4. The highest BCUT2D eigenvalue weighted by Crippen LogP contribution is 2.26. The zero-order chi connectivity index (χ0) is 14.7. The number of aromatic nitrogens is 2. The summed E-state index contributed by atoms with van der Waals surface area (Å²) in [6.45, 7) is 6.25. The minimum atomic E-state index is 0.592. The molecule has 2 N–H and O–H groups in total. The number of anilines is 2. The van der Waals surface area contributed by atoms with E-state index in [1.165, 1.54) is 12.8 Å². The van der Waals surface area contributed by atoms with Crippen LogP contribution < -0.4 is 10.6 Å². The summed E-state index contributed by atoms with van der Waals surface area (Å²) in [6.07, 6.45) is 4.39. The van der Waals surface area contributed by atoms with Crippen LogP contribution in [0.25, 0.3) is 0 Å². The van der Waals surface area contributed by atoms with Gasteiger partial charge in [-0.25, -0.2) is 9.97 Å². The summed E-state index contributed by atoms with van der Waals surface area (Å²) in [5.74, 6) is 2.54. The number of rotatable bonds is 4. The third-order valence-corrected chi connectivity index (χ3v) is 4.10. The molecule has 0 aliphatic carbocycles. The van der Waals surface area contributed by atoms with Gasteiger partial charge in [-0.3, -0.25) is 0 Å². The highest BCUT2D eigenvalue weighted by atomic mass is 15.3. The van der Waals surface area contributed by atoms with Crippen LogP contribution in [0.3, 0.4) is 0 Å². The van der Waals surface area contributed by atoms with Gasteiger partial charge in [0.2, 0.25) is 0 Å². The van der Waals surface area contributed by atoms with E-state index in [4.69, 9.17) is 10.7 Å². The van der Waals surface area contributed by atoms with Crippen molar-refractivity contribution in [3.05, 3.63) is 11.4 Å². The first-order chi connectivity index (χ1) is 9.52. The summed E-state index contributed by atoms with van der Waals surface area (Å²) < 4.78 is 0. The molecule has 0 amide bonds. The Morgan fingerprint density at radius 1 is 1.35 bits per heavy atom. The lowest BCUT2D eigenvalue weighted by molar-refractivity contribution is 0.257. The first-order valence-corrected chi connectivity index (χ1v) is 7.57. The molecule has 0 aromatic carbocycles. The Bertz CT molecular complexity index is 458. The Balaban J connectivity index is 2.26. The summed E-state index contributed by atoms with van der Waals surface area (Å²) in [4.78, 5) is 13.8. The fourth-order valence-corrected chi connectivity index (χ4v) is 2.78. The third kappa shape index (κ3) is 3.20. The second-order valence-electron chi connectivity index (χ2n) is 5.93. The second kappa shape index (κ2) is 6.39. The predicted molar refractivity (Wildman–Crippen MR) is 84.1 cm³/mol. The summed E-state index contributed by atoms with van der Waals surface area (Å²) in [7, 11) is 4.30. The number of hydrogen-bond acceptors (Lipinski definition) is 5. The molecule has 1 aliphatic rings. The van der Waals surface area contributed by atoms with E-state index in [2.05, 4.69) is 35.8 Å². The van der Waals surface area contributed by atoms with Crippen LogP contribution in [0.15, 0.2) is 0 Å². The largest absolute Gasteiger partial charge is 0.383 e. The van der Waals surface area contributed by atoms with E-state index in [1.807, 2.05) is 6.92 Å². The van der Waals surface area contributed by atoms with Crippen LogP contribution in [-0.2, 0) is 6.42 Å². The highest BCUT2D eigenvalue weighted by Gasteiger charge is 2.24. The molecule has 0 spiro atoms. The van der Waals surface area contributed by atoms with Gasteiger partial charge in [-0.1, -0.05) is 6.92 Å². The van der Waals surface area contributed by atoms with E-state index in [9.17, 15) is 0 Å². The van der Waals surface area contributed by atoms with Gasteiger partial charge in [-0.2, -0.15) is 0 Å². The normalized spacial score (nSPS) is 19.6. The van der Waals surface area contributed by atoms with Crippen molar-refractivity contribution in [2.45, 2.75) is 45.6 Å². The van der Waals surface area contributed by atoms with Crippen LogP contribution in [0.2, 0.25) is 0 Å². The van der Waals surface area contributed by atoms with Gasteiger partial charge in [0, 0.05) is 31.1 Å². The van der Waals surface area contributed by atoms with Gasteiger partial charge in [0.15, 0.2) is 0 Å². The Kier molecular flexibility index (Phi) is 4.81. The molecule has 20 heavy (non-hydrogen) atoms. The van der Waals surface area contributed by atoms with Crippen LogP contribution >= 0.6 is 0 Å². The monoisotopic (exact) mass is 277 g/mol. The van der Waals surface area contributed by atoms with E-state index in [0.717, 1.165) is 43.1 Å². The minimum absolute atomic E-state index is 0.592. The zero-order valence-corrected chi connectivity index (χ0v) is 13.2. The fourth-order valence-electron chi connectivity index (χ4n) is 2.78. The molecule has 0 saturated carbocycles. The SMILES string of the molecule is CCCc1nc(N)c(C)c(N2CCCC(N(C)C)C2)n1. The smallest absolute Gasteiger partial charge is 0.137 e. The third-order valence-electron chi connectivity index (χ3n) is 4.10. The van der Waals surface area contributed by atoms with Crippen molar-refractivity contribution in [1.29, 1.82) is 0 Å². The summed E-state index contributed by atoms with van der Waals surface area (Å²) in [5, 5.41) is 0. The molecule has 1 saturated heterocycles. The van der Waals surface area contributed by atoms with Gasteiger partial charge in [-0.05, 0) is 40.3 Å². The molecule has 1 fully saturated rings. The highest BCUT2D eigenvalue weighted by molar-refractivity contribution is 5.56. The lowest BCUT2D eigenvalue weighted by Gasteiger charge is -2.37. The van der Waals surface area contributed by atoms with Crippen molar-refractivity contribution >= 4 is 11.6 Å². The molecular weight excluding hydrogens is 250 g/mol. The van der Waals surface area contributed by atoms with E-state index in [1.54, 1.807) is 0 Å². The molecule has 2 heterocycles. The van der Waals surface area contributed by atoms with Crippen molar-refractivity contribution in [3.8, 4) is 0 Å². The average Bonchev–Trinajstić information content (AvgIpc) is 2.43. The van der Waals surface area contributed by atoms with E-state index in [0.29, 0.717) is 11.9 Å². The van der Waals surface area contributed by atoms with Gasteiger partial charge >= 0.3 is 0 Å². The molecule has 1 aromatic rings. The standard InChI is InChI=1S/C15H27N5/c1-5-7-13-17-14(16)11(2)15(18-13)20-9-6-8-12(10-20)19(3)4/h12H,5-10H2,1-4H3,(H2,16,17,18). The maximum Gasteiger partial charge on any atom is 0.137 e. The second-order valence-corrected chi connectivity index (χ2v) is 5.93. The number of likely N-dealkylation sites (N-methyl/N-ethyl adjacent to an activating group) is 1. The molecule has 2 rings (SSSR count). The van der Waals surface area contributed by atoms with Crippen molar-refractivity contribution < 1.29 is 0 Å². The van der Waals surface area contributed by atoms with Crippen LogP contribution in [0.4, 0.5) is 11.6 Å². The summed E-state index contributed by atoms with van der Waals surface area (Å²) in [5.41, 5.74) is 7.08. The van der Waals surface area contributed by atoms with Gasteiger partial charge in [-0.15, -0.1) is 0 Å². The Morgan fingerprint density at radius 2 is 2.10 bits per heavy atom. The maximum absolute atomic E-state index is 6.06. The van der Waals surface area contributed by atoms with Crippen molar-refractivity contribution in [3.63, 3.8) is 0 Å². The topological polar surface area (TPSA) is 58.3 Å². The lowest BCUT2D eigenvalue weighted by atomic mass is 10.0. The molecule has 5 nitrogen and oxygen atoms in total. The first kappa shape index (κ1) is 15.0. The molecule has 5 heteroatoms. The zero-order valence-electron chi connectivity index (χ0n) is 13.2. The quantitative estimate of drug-likeness (QED) is 0.910. The van der Waals surface area contributed by atoms with E-state index < -0.39 is 0 Å². The Hall–Kier alpha value is -1.36. The molecule has 1 unspecified atom stereocenters.